The van der Waals surface area contributed by atoms with Gasteiger partial charge in [0, 0.05) is 12.0 Å². The van der Waals surface area contributed by atoms with Gasteiger partial charge in [-0.2, -0.15) is 0 Å². The molecule has 1 N–H and O–H groups in total. The van der Waals surface area contributed by atoms with E-state index in [1.54, 1.807) is 12.1 Å². The van der Waals surface area contributed by atoms with Gasteiger partial charge in [0.2, 0.25) is 0 Å². The molecule has 6 rings (SSSR count). The molecule has 8 heteroatoms. The van der Waals surface area contributed by atoms with Crippen molar-refractivity contribution in [1.29, 1.82) is 0 Å². The summed E-state index contributed by atoms with van der Waals surface area (Å²) in [6.45, 7) is 0.239. The van der Waals surface area contributed by atoms with Crippen LogP contribution in [0.1, 0.15) is 57.0 Å². The number of carbonyl (C=O) groups excluding carboxylic acids is 4. The molecule has 0 atom stereocenters. The van der Waals surface area contributed by atoms with Crippen LogP contribution >= 0.6 is 0 Å². The zero-order valence-corrected chi connectivity index (χ0v) is 19.9. The smallest absolute Gasteiger partial charge is 0.407 e. The summed E-state index contributed by atoms with van der Waals surface area (Å²) in [5, 5.41) is 3.38. The highest BCUT2D eigenvalue weighted by molar-refractivity contribution is 6.20. The number of imide groups is 1. The molecule has 3 amide bonds. The number of carbonyl (C=O) groups is 4. The van der Waals surface area contributed by atoms with Crippen molar-refractivity contribution in [2.45, 2.75) is 31.2 Å². The van der Waals surface area contributed by atoms with E-state index in [4.69, 9.17) is 9.57 Å². The molecule has 1 heterocycles. The minimum absolute atomic E-state index is 0.00999. The zero-order chi connectivity index (χ0) is 25.5. The van der Waals surface area contributed by atoms with Crippen molar-refractivity contribution < 1.29 is 28.8 Å². The van der Waals surface area contributed by atoms with Crippen molar-refractivity contribution >= 4 is 23.9 Å². The monoisotopic (exact) mass is 496 g/mol. The molecule has 3 aromatic carbocycles. The molecule has 1 fully saturated rings. The number of alkyl carbamates (subject to hydrolysis) is 1. The van der Waals surface area contributed by atoms with Crippen molar-refractivity contribution in [3.05, 3.63) is 95.1 Å². The number of amides is 3. The SMILES string of the molecule is O=C(CC1CC(NC(=O)OCC2c3ccccc3-c3ccccc32)C1)ON1C(=O)c2ccccc2C1=O. The minimum Gasteiger partial charge on any atom is -0.449 e. The lowest BCUT2D eigenvalue weighted by Gasteiger charge is -2.35. The van der Waals surface area contributed by atoms with Crippen LogP contribution in [0.15, 0.2) is 72.8 Å². The predicted molar refractivity (Wildman–Crippen MR) is 132 cm³/mol. The van der Waals surface area contributed by atoms with Crippen LogP contribution in [0.2, 0.25) is 0 Å². The lowest BCUT2D eigenvalue weighted by Crippen LogP contribution is -2.45. The lowest BCUT2D eigenvalue weighted by atomic mass is 9.78. The van der Waals surface area contributed by atoms with Crippen molar-refractivity contribution in [3.63, 3.8) is 0 Å². The molecule has 3 aromatic rings. The van der Waals surface area contributed by atoms with Crippen molar-refractivity contribution in [1.82, 2.24) is 10.4 Å². The Morgan fingerprint density at radius 1 is 0.784 bits per heavy atom. The van der Waals surface area contributed by atoms with E-state index in [0.29, 0.717) is 17.9 Å². The summed E-state index contributed by atoms with van der Waals surface area (Å²) in [5.74, 6) is -1.96. The summed E-state index contributed by atoms with van der Waals surface area (Å²) in [6.07, 6.45) is 0.734. The van der Waals surface area contributed by atoms with E-state index < -0.39 is 23.9 Å². The molecule has 0 aromatic heterocycles. The fraction of sp³-hybridized carbons (Fsp3) is 0.241. The lowest BCUT2D eigenvalue weighted by molar-refractivity contribution is -0.170. The normalized spacial score (nSPS) is 19.5. The van der Waals surface area contributed by atoms with E-state index in [1.165, 1.54) is 23.3 Å². The molecule has 186 valence electrons. The number of fused-ring (bicyclic) bond motifs is 4. The van der Waals surface area contributed by atoms with Crippen LogP contribution < -0.4 is 5.32 Å². The minimum atomic E-state index is -0.654. The van der Waals surface area contributed by atoms with Gasteiger partial charge in [0.15, 0.2) is 0 Å². The first-order valence-electron chi connectivity index (χ1n) is 12.3. The molecule has 0 unspecified atom stereocenters. The second-order valence-corrected chi connectivity index (χ2v) is 9.62. The van der Waals surface area contributed by atoms with Gasteiger partial charge in [-0.3, -0.25) is 9.59 Å². The van der Waals surface area contributed by atoms with Gasteiger partial charge in [0.05, 0.1) is 17.5 Å². The highest BCUT2D eigenvalue weighted by atomic mass is 16.7. The van der Waals surface area contributed by atoms with Crippen LogP contribution in [0.25, 0.3) is 11.1 Å². The molecule has 0 saturated heterocycles. The number of hydroxylamine groups is 2. The Kier molecular flexibility index (Phi) is 5.71. The van der Waals surface area contributed by atoms with E-state index in [2.05, 4.69) is 29.6 Å². The predicted octanol–water partition coefficient (Wildman–Crippen LogP) is 4.45. The molecule has 0 spiro atoms. The number of rotatable bonds is 6. The van der Waals surface area contributed by atoms with Gasteiger partial charge in [0.25, 0.3) is 11.8 Å². The Bertz CT molecular complexity index is 1350. The maximum Gasteiger partial charge on any atom is 0.407 e. The average molecular weight is 497 g/mol. The van der Waals surface area contributed by atoms with Crippen molar-refractivity contribution in [2.75, 3.05) is 6.61 Å². The topological polar surface area (TPSA) is 102 Å². The summed E-state index contributed by atoms with van der Waals surface area (Å²) >= 11 is 0. The molecule has 37 heavy (non-hydrogen) atoms. The van der Waals surface area contributed by atoms with Crippen molar-refractivity contribution in [2.24, 2.45) is 5.92 Å². The average Bonchev–Trinajstić information content (AvgIpc) is 3.33. The number of hydrogen-bond donors (Lipinski definition) is 1. The summed E-state index contributed by atoms with van der Waals surface area (Å²) < 4.78 is 5.58. The summed E-state index contributed by atoms with van der Waals surface area (Å²) in [5.41, 5.74) is 5.07. The molecule has 3 aliphatic rings. The molecule has 1 aliphatic heterocycles. The second-order valence-electron chi connectivity index (χ2n) is 9.62. The fourth-order valence-electron chi connectivity index (χ4n) is 5.45. The summed E-state index contributed by atoms with van der Waals surface area (Å²) in [6, 6.07) is 22.5. The van der Waals surface area contributed by atoms with Gasteiger partial charge >= 0.3 is 12.1 Å². The fourth-order valence-corrected chi connectivity index (χ4v) is 5.45. The molecular weight excluding hydrogens is 472 g/mol. The maximum absolute atomic E-state index is 12.5. The molecule has 0 radical (unpaired) electrons. The summed E-state index contributed by atoms with van der Waals surface area (Å²) in [7, 11) is 0. The molecule has 0 bridgehead atoms. The third-order valence-corrected chi connectivity index (χ3v) is 7.31. The number of hydrogen-bond acceptors (Lipinski definition) is 6. The Morgan fingerprint density at radius 3 is 1.86 bits per heavy atom. The first-order valence-corrected chi connectivity index (χ1v) is 12.3. The highest BCUT2D eigenvalue weighted by Crippen LogP contribution is 2.44. The first-order chi connectivity index (χ1) is 18.0. The second kappa shape index (κ2) is 9.20. The number of benzene rings is 3. The first kappa shape index (κ1) is 23.0. The van der Waals surface area contributed by atoms with Gasteiger partial charge in [-0.1, -0.05) is 65.7 Å². The Hall–Kier alpha value is -4.46. The largest absolute Gasteiger partial charge is 0.449 e. The van der Waals surface area contributed by atoms with Crippen LogP contribution in [0.5, 0.6) is 0 Å². The number of ether oxygens (including phenoxy) is 1. The maximum atomic E-state index is 12.5. The van der Waals surface area contributed by atoms with Crippen molar-refractivity contribution in [3.8, 4) is 11.1 Å². The Morgan fingerprint density at radius 2 is 1.30 bits per heavy atom. The van der Waals surface area contributed by atoms with Crippen LogP contribution in [0, 0.1) is 5.92 Å². The van der Waals surface area contributed by atoms with Crippen LogP contribution in [-0.4, -0.2) is 41.6 Å². The number of nitrogens with zero attached hydrogens (tertiary/aromatic N) is 1. The highest BCUT2D eigenvalue weighted by Gasteiger charge is 2.40. The Labute approximate surface area is 213 Å². The van der Waals surface area contributed by atoms with Crippen LogP contribution in [0.4, 0.5) is 4.79 Å². The van der Waals surface area contributed by atoms with Crippen LogP contribution in [-0.2, 0) is 14.4 Å². The van der Waals surface area contributed by atoms with Gasteiger partial charge in [-0.25, -0.2) is 9.59 Å². The molecule has 1 saturated carbocycles. The van der Waals surface area contributed by atoms with E-state index in [1.807, 2.05) is 24.3 Å². The van der Waals surface area contributed by atoms with Crippen LogP contribution in [0.3, 0.4) is 0 Å². The zero-order valence-electron chi connectivity index (χ0n) is 19.9. The quantitative estimate of drug-likeness (QED) is 0.506. The number of nitrogens with one attached hydrogen (secondary N) is 1. The molecule has 8 nitrogen and oxygen atoms in total. The van der Waals surface area contributed by atoms with Gasteiger partial charge in [0.1, 0.15) is 6.61 Å². The third kappa shape index (κ3) is 4.14. The van der Waals surface area contributed by atoms with Gasteiger partial charge in [-0.05, 0) is 53.1 Å². The van der Waals surface area contributed by atoms with E-state index in [-0.39, 0.29) is 42.0 Å². The van der Waals surface area contributed by atoms with E-state index in [9.17, 15) is 19.2 Å². The molecule has 2 aliphatic carbocycles. The summed E-state index contributed by atoms with van der Waals surface area (Å²) in [4.78, 5) is 54.6. The Balaban J connectivity index is 0.962. The van der Waals surface area contributed by atoms with E-state index in [0.717, 1.165) is 11.1 Å². The molecular formula is C29H24N2O6. The third-order valence-electron chi connectivity index (χ3n) is 7.31. The van der Waals surface area contributed by atoms with Gasteiger partial charge in [-0.15, -0.1) is 0 Å². The van der Waals surface area contributed by atoms with E-state index >= 15 is 0 Å². The van der Waals surface area contributed by atoms with Gasteiger partial charge < -0.3 is 14.9 Å². The standard InChI is InChI=1S/C29H24N2O6/c32-26(37-31-27(33)23-11-5-6-12-24(23)28(31)34)15-17-13-18(14-17)30-29(35)36-16-25-21-9-3-1-7-19(21)20-8-2-4-10-22(20)25/h1-12,17-18,25H,13-16H2,(H,30,35).